The van der Waals surface area contributed by atoms with Crippen molar-refractivity contribution in [3.63, 3.8) is 0 Å². The van der Waals surface area contributed by atoms with E-state index in [2.05, 4.69) is 5.32 Å². The molecule has 2 aliphatic rings. The summed E-state index contributed by atoms with van der Waals surface area (Å²) in [4.78, 5) is 0. The predicted molar refractivity (Wildman–Crippen MR) is 68.6 cm³/mol. The van der Waals surface area contributed by atoms with Crippen molar-refractivity contribution in [2.75, 3.05) is 13.1 Å². The van der Waals surface area contributed by atoms with Crippen molar-refractivity contribution in [3.8, 4) is 0 Å². The smallest absolute Gasteiger partial charge is 0.131 e. The summed E-state index contributed by atoms with van der Waals surface area (Å²) in [6, 6.07) is 3.66. The largest absolute Gasteiger partial charge is 0.387 e. The first-order valence-corrected chi connectivity index (χ1v) is 6.95. The van der Waals surface area contributed by atoms with Gasteiger partial charge in [0.15, 0.2) is 0 Å². The van der Waals surface area contributed by atoms with Crippen LogP contribution >= 0.6 is 0 Å². The lowest BCUT2D eigenvalue weighted by Gasteiger charge is -2.18. The predicted octanol–water partition coefficient (Wildman–Crippen LogP) is 2.78. The molecule has 0 saturated heterocycles. The van der Waals surface area contributed by atoms with Gasteiger partial charge in [0.05, 0.1) is 11.7 Å². The number of benzene rings is 1. The first kappa shape index (κ1) is 13.0. The van der Waals surface area contributed by atoms with Crippen LogP contribution in [0.1, 0.15) is 37.4 Å². The summed E-state index contributed by atoms with van der Waals surface area (Å²) in [6.45, 7) is 1.05. The number of aliphatic hydroxyl groups excluding tert-OH is 1. The van der Waals surface area contributed by atoms with Gasteiger partial charge in [0.2, 0.25) is 0 Å². The molecule has 1 aromatic rings. The normalized spacial score (nSPS) is 22.3. The average molecular weight is 267 g/mol. The summed E-state index contributed by atoms with van der Waals surface area (Å²) < 4.78 is 27.0. The Kier molecular flexibility index (Phi) is 3.31. The van der Waals surface area contributed by atoms with Crippen LogP contribution in [0, 0.1) is 23.0 Å². The lowest BCUT2D eigenvalue weighted by Crippen LogP contribution is -2.30. The summed E-state index contributed by atoms with van der Waals surface area (Å²) in [7, 11) is 0. The van der Waals surface area contributed by atoms with Gasteiger partial charge in [0, 0.05) is 13.1 Å². The zero-order valence-corrected chi connectivity index (χ0v) is 10.8. The molecule has 0 radical (unpaired) electrons. The Morgan fingerprint density at radius 3 is 2.42 bits per heavy atom. The van der Waals surface area contributed by atoms with E-state index in [1.165, 1.54) is 43.9 Å². The van der Waals surface area contributed by atoms with Gasteiger partial charge in [-0.15, -0.1) is 0 Å². The second-order valence-corrected chi connectivity index (χ2v) is 5.92. The summed E-state index contributed by atoms with van der Waals surface area (Å²) in [5.41, 5.74) is 0.194. The molecule has 1 aromatic carbocycles. The molecule has 0 bridgehead atoms. The Morgan fingerprint density at radius 1 is 1.26 bits per heavy atom. The highest BCUT2D eigenvalue weighted by Crippen LogP contribution is 2.60. The summed E-state index contributed by atoms with van der Waals surface area (Å²) >= 11 is 0. The standard InChI is InChI=1S/C15H19F2NO/c16-11-2-1-3-12(17)14(11)13(19)8-18-9-15(6-7-15)10-4-5-10/h1-3,10,13,18-19H,4-9H2. The zero-order valence-electron chi connectivity index (χ0n) is 10.8. The Labute approximate surface area is 111 Å². The Bertz CT molecular complexity index is 449. The highest BCUT2D eigenvalue weighted by molar-refractivity contribution is 5.22. The Morgan fingerprint density at radius 2 is 1.89 bits per heavy atom. The molecule has 0 aliphatic heterocycles. The van der Waals surface area contributed by atoms with Crippen molar-refractivity contribution in [3.05, 3.63) is 35.4 Å². The first-order valence-electron chi connectivity index (χ1n) is 6.95. The number of halogens is 2. The number of hydrogen-bond donors (Lipinski definition) is 2. The molecule has 104 valence electrons. The van der Waals surface area contributed by atoms with E-state index in [9.17, 15) is 13.9 Å². The molecule has 0 aromatic heterocycles. The molecular formula is C15H19F2NO. The first-order chi connectivity index (χ1) is 9.12. The molecular weight excluding hydrogens is 248 g/mol. The van der Waals surface area contributed by atoms with Crippen LogP contribution in [-0.4, -0.2) is 18.2 Å². The van der Waals surface area contributed by atoms with Crippen molar-refractivity contribution in [1.82, 2.24) is 5.32 Å². The van der Waals surface area contributed by atoms with Gasteiger partial charge >= 0.3 is 0 Å². The van der Waals surface area contributed by atoms with Gasteiger partial charge in [-0.25, -0.2) is 8.78 Å². The second-order valence-electron chi connectivity index (χ2n) is 5.92. The van der Waals surface area contributed by atoms with Gasteiger partial charge in [0.1, 0.15) is 11.6 Å². The molecule has 0 heterocycles. The maximum absolute atomic E-state index is 13.5. The minimum atomic E-state index is -1.13. The molecule has 2 fully saturated rings. The SMILES string of the molecule is OC(CNCC1(C2CC2)CC1)c1c(F)cccc1F. The van der Waals surface area contributed by atoms with E-state index in [1.807, 2.05) is 0 Å². The lowest BCUT2D eigenvalue weighted by molar-refractivity contribution is 0.161. The van der Waals surface area contributed by atoms with Crippen molar-refractivity contribution in [2.24, 2.45) is 11.3 Å². The quantitative estimate of drug-likeness (QED) is 0.830. The van der Waals surface area contributed by atoms with E-state index in [0.717, 1.165) is 12.5 Å². The van der Waals surface area contributed by atoms with E-state index in [4.69, 9.17) is 0 Å². The summed E-state index contributed by atoms with van der Waals surface area (Å²) in [5, 5.41) is 13.1. The van der Waals surface area contributed by atoms with Crippen LogP contribution < -0.4 is 5.32 Å². The van der Waals surface area contributed by atoms with Crippen molar-refractivity contribution in [1.29, 1.82) is 0 Å². The molecule has 19 heavy (non-hydrogen) atoms. The maximum Gasteiger partial charge on any atom is 0.131 e. The van der Waals surface area contributed by atoms with Crippen LogP contribution in [0.2, 0.25) is 0 Å². The van der Waals surface area contributed by atoms with E-state index in [-0.39, 0.29) is 12.1 Å². The second kappa shape index (κ2) is 4.84. The van der Waals surface area contributed by atoms with Crippen molar-refractivity contribution >= 4 is 0 Å². The molecule has 1 atom stereocenters. The fourth-order valence-corrected chi connectivity index (χ4v) is 2.97. The molecule has 2 nitrogen and oxygen atoms in total. The van der Waals surface area contributed by atoms with Gasteiger partial charge in [-0.05, 0) is 49.1 Å². The zero-order chi connectivity index (χ0) is 13.5. The number of hydrogen-bond acceptors (Lipinski definition) is 2. The van der Waals surface area contributed by atoms with E-state index >= 15 is 0 Å². The van der Waals surface area contributed by atoms with Gasteiger partial charge in [0.25, 0.3) is 0 Å². The van der Waals surface area contributed by atoms with Gasteiger partial charge < -0.3 is 10.4 Å². The van der Waals surface area contributed by atoms with E-state index in [1.54, 1.807) is 0 Å². The number of nitrogens with one attached hydrogen (secondary N) is 1. The number of aliphatic hydroxyl groups is 1. The third kappa shape index (κ3) is 2.65. The van der Waals surface area contributed by atoms with Crippen LogP contribution in [0.3, 0.4) is 0 Å². The van der Waals surface area contributed by atoms with Crippen LogP contribution in [0.25, 0.3) is 0 Å². The highest BCUT2D eigenvalue weighted by atomic mass is 19.1. The van der Waals surface area contributed by atoms with Crippen LogP contribution in [0.5, 0.6) is 0 Å². The minimum absolute atomic E-state index is 0.201. The van der Waals surface area contributed by atoms with Crippen LogP contribution in [0.4, 0.5) is 8.78 Å². The van der Waals surface area contributed by atoms with E-state index in [0.29, 0.717) is 5.41 Å². The van der Waals surface area contributed by atoms with Crippen molar-refractivity contribution in [2.45, 2.75) is 31.8 Å². The molecule has 3 rings (SSSR count). The fraction of sp³-hybridized carbons (Fsp3) is 0.600. The summed E-state index contributed by atoms with van der Waals surface area (Å²) in [5.74, 6) is -0.530. The topological polar surface area (TPSA) is 32.3 Å². The van der Waals surface area contributed by atoms with Gasteiger partial charge in [-0.3, -0.25) is 0 Å². The molecule has 0 amide bonds. The molecule has 2 aliphatic carbocycles. The maximum atomic E-state index is 13.5. The lowest BCUT2D eigenvalue weighted by atomic mass is 10.0. The highest BCUT2D eigenvalue weighted by Gasteiger charge is 2.53. The monoisotopic (exact) mass is 267 g/mol. The minimum Gasteiger partial charge on any atom is -0.387 e. The Hall–Kier alpha value is -1.00. The molecule has 2 saturated carbocycles. The van der Waals surface area contributed by atoms with Crippen LogP contribution in [-0.2, 0) is 0 Å². The third-order valence-electron chi connectivity index (χ3n) is 4.48. The van der Waals surface area contributed by atoms with Gasteiger partial charge in [-0.1, -0.05) is 6.07 Å². The summed E-state index contributed by atoms with van der Waals surface area (Å²) in [6.07, 6.45) is 3.98. The van der Waals surface area contributed by atoms with Crippen molar-refractivity contribution < 1.29 is 13.9 Å². The average Bonchev–Trinajstić information content (AvgIpc) is 3.23. The number of rotatable bonds is 6. The molecule has 1 unspecified atom stereocenters. The molecule has 4 heteroatoms. The fourth-order valence-electron chi connectivity index (χ4n) is 2.97. The van der Waals surface area contributed by atoms with Crippen LogP contribution in [0.15, 0.2) is 18.2 Å². The molecule has 0 spiro atoms. The van der Waals surface area contributed by atoms with E-state index < -0.39 is 17.7 Å². The Balaban J connectivity index is 1.55. The van der Waals surface area contributed by atoms with Gasteiger partial charge in [-0.2, -0.15) is 0 Å². The molecule has 2 N–H and O–H groups in total. The third-order valence-corrected chi connectivity index (χ3v) is 4.48.